The van der Waals surface area contributed by atoms with Gasteiger partial charge in [0.25, 0.3) is 15.7 Å². The number of nitrogens with zero attached hydrogens (tertiary/aromatic N) is 3. The third-order valence-corrected chi connectivity index (χ3v) is 7.56. The summed E-state index contributed by atoms with van der Waals surface area (Å²) < 4.78 is 33.6. The summed E-state index contributed by atoms with van der Waals surface area (Å²) in [6.07, 6.45) is 0. The Morgan fingerprint density at radius 1 is 0.875 bits per heavy atom. The second kappa shape index (κ2) is 10.9. The Hall–Kier alpha value is -4.51. The zero-order valence-electron chi connectivity index (χ0n) is 21.2. The van der Waals surface area contributed by atoms with Crippen molar-refractivity contribution >= 4 is 38.8 Å². The lowest BCUT2D eigenvalue weighted by molar-refractivity contribution is 0.483. The summed E-state index contributed by atoms with van der Waals surface area (Å²) >= 11 is 6.21. The Kier molecular flexibility index (Phi) is 7.40. The van der Waals surface area contributed by atoms with E-state index in [1.54, 1.807) is 6.92 Å². The van der Waals surface area contributed by atoms with Crippen LogP contribution >= 0.6 is 11.6 Å². The molecule has 1 unspecified atom stereocenters. The van der Waals surface area contributed by atoms with E-state index in [1.807, 2.05) is 66.7 Å². The van der Waals surface area contributed by atoms with E-state index in [4.69, 9.17) is 17.3 Å². The SMILES string of the molecule is Cc1[nH]n(-c2cc(S(=O)(=O)O)ccc2Cl)c(=O)c1N=Nc1ccc(C(c2ccccc2)c2ccc(N)cc2)cc1. The van der Waals surface area contributed by atoms with Crippen LogP contribution < -0.4 is 11.3 Å². The Bertz CT molecular complexity index is 1870. The number of nitrogens with one attached hydrogen (secondary N) is 1. The van der Waals surface area contributed by atoms with Crippen molar-refractivity contribution in [1.82, 2.24) is 9.78 Å². The van der Waals surface area contributed by atoms with Gasteiger partial charge in [0.2, 0.25) is 0 Å². The molecule has 0 spiro atoms. The number of aromatic amines is 1. The predicted molar refractivity (Wildman–Crippen MR) is 155 cm³/mol. The number of hydrogen-bond donors (Lipinski definition) is 3. The van der Waals surface area contributed by atoms with Crippen molar-refractivity contribution in [3.05, 3.63) is 135 Å². The predicted octanol–water partition coefficient (Wildman–Crippen LogP) is 6.55. The van der Waals surface area contributed by atoms with Crippen molar-refractivity contribution in [2.75, 3.05) is 5.73 Å². The topological polar surface area (TPSA) is 143 Å². The van der Waals surface area contributed by atoms with E-state index in [2.05, 4.69) is 27.5 Å². The monoisotopic (exact) mass is 573 g/mol. The quantitative estimate of drug-likeness (QED) is 0.0875. The number of rotatable bonds is 7. The summed E-state index contributed by atoms with van der Waals surface area (Å²) in [6, 6.07) is 29.0. The lowest BCUT2D eigenvalue weighted by atomic mass is 9.85. The highest BCUT2D eigenvalue weighted by molar-refractivity contribution is 7.85. The number of nitrogens with two attached hydrogens (primary N) is 1. The smallest absolute Gasteiger partial charge is 0.299 e. The average molecular weight is 574 g/mol. The fourth-order valence-corrected chi connectivity index (χ4v) is 5.10. The first-order chi connectivity index (χ1) is 19.1. The Labute approximate surface area is 235 Å². The van der Waals surface area contributed by atoms with Crippen LogP contribution in [0.4, 0.5) is 17.1 Å². The van der Waals surface area contributed by atoms with Crippen LogP contribution in [0.3, 0.4) is 0 Å². The molecular formula is C29H24ClN5O4S. The van der Waals surface area contributed by atoms with E-state index in [0.29, 0.717) is 17.1 Å². The number of halogens is 1. The molecule has 0 fully saturated rings. The van der Waals surface area contributed by atoms with Crippen molar-refractivity contribution in [3.63, 3.8) is 0 Å². The molecule has 11 heteroatoms. The molecule has 0 saturated carbocycles. The van der Waals surface area contributed by atoms with Crippen molar-refractivity contribution in [3.8, 4) is 5.69 Å². The van der Waals surface area contributed by atoms with Crippen LogP contribution in [-0.4, -0.2) is 22.8 Å². The van der Waals surface area contributed by atoms with Gasteiger partial charge in [0, 0.05) is 11.6 Å². The van der Waals surface area contributed by atoms with E-state index in [-0.39, 0.29) is 22.3 Å². The summed E-state index contributed by atoms with van der Waals surface area (Å²) in [7, 11) is -4.50. The molecule has 5 aromatic rings. The van der Waals surface area contributed by atoms with Gasteiger partial charge in [-0.2, -0.15) is 13.5 Å². The van der Waals surface area contributed by atoms with Crippen LogP contribution in [0.1, 0.15) is 28.3 Å². The summed E-state index contributed by atoms with van der Waals surface area (Å²) in [5.41, 5.74) is 10.3. The highest BCUT2D eigenvalue weighted by atomic mass is 35.5. The fraction of sp³-hybridized carbons (Fsp3) is 0.0690. The molecule has 0 bridgehead atoms. The summed E-state index contributed by atoms with van der Waals surface area (Å²) in [6.45, 7) is 1.63. The molecule has 5 rings (SSSR count). The molecule has 4 aromatic carbocycles. The molecule has 1 atom stereocenters. The van der Waals surface area contributed by atoms with E-state index in [1.165, 1.54) is 6.07 Å². The number of benzene rings is 4. The van der Waals surface area contributed by atoms with Gasteiger partial charge in [0.1, 0.15) is 0 Å². The summed E-state index contributed by atoms with van der Waals surface area (Å²) in [4.78, 5) is 12.7. The Morgan fingerprint density at radius 3 is 2.10 bits per heavy atom. The number of anilines is 1. The number of azo groups is 1. The first-order valence-electron chi connectivity index (χ1n) is 12.1. The first-order valence-corrected chi connectivity index (χ1v) is 13.9. The standard InChI is InChI=1S/C29H24ClN5O4S/c1-18-28(29(36)35(34-18)26-17-24(40(37,38)39)15-16-25(26)30)33-32-23-13-9-21(10-14-23)27(19-5-3-2-4-6-19)20-7-11-22(31)12-8-20/h2-17,27,34H,31H2,1H3,(H,37,38,39). The maximum Gasteiger partial charge on any atom is 0.299 e. The molecule has 40 heavy (non-hydrogen) atoms. The normalized spacial score (nSPS) is 12.6. The molecule has 4 N–H and O–H groups in total. The summed E-state index contributed by atoms with van der Waals surface area (Å²) in [5, 5.41) is 11.3. The molecule has 9 nitrogen and oxygen atoms in total. The van der Waals surface area contributed by atoms with Gasteiger partial charge in [-0.15, -0.1) is 5.11 Å². The van der Waals surface area contributed by atoms with Crippen LogP contribution in [0, 0.1) is 6.92 Å². The van der Waals surface area contributed by atoms with E-state index < -0.39 is 20.6 Å². The molecular weight excluding hydrogens is 550 g/mol. The third-order valence-electron chi connectivity index (χ3n) is 6.39. The van der Waals surface area contributed by atoms with Crippen LogP contribution in [-0.2, 0) is 10.1 Å². The van der Waals surface area contributed by atoms with Gasteiger partial charge >= 0.3 is 0 Å². The Morgan fingerprint density at radius 2 is 1.48 bits per heavy atom. The second-order valence-electron chi connectivity index (χ2n) is 9.12. The molecule has 0 saturated heterocycles. The molecule has 202 valence electrons. The summed E-state index contributed by atoms with van der Waals surface area (Å²) in [5.74, 6) is -0.0184. The molecule has 0 aliphatic rings. The zero-order valence-corrected chi connectivity index (χ0v) is 22.8. The number of aromatic nitrogens is 2. The van der Waals surface area contributed by atoms with Gasteiger partial charge in [-0.1, -0.05) is 66.2 Å². The van der Waals surface area contributed by atoms with Gasteiger partial charge < -0.3 is 5.73 Å². The van der Waals surface area contributed by atoms with Crippen LogP contribution in [0.15, 0.2) is 117 Å². The highest BCUT2D eigenvalue weighted by Gasteiger charge is 2.19. The number of H-pyrrole nitrogens is 1. The van der Waals surface area contributed by atoms with Gasteiger partial charge in [-0.25, -0.2) is 4.68 Å². The highest BCUT2D eigenvalue weighted by Crippen LogP contribution is 2.33. The van der Waals surface area contributed by atoms with Gasteiger partial charge in [0.05, 0.1) is 27.0 Å². The van der Waals surface area contributed by atoms with Crippen molar-refractivity contribution < 1.29 is 13.0 Å². The third kappa shape index (κ3) is 5.59. The van der Waals surface area contributed by atoms with E-state index in [9.17, 15) is 17.8 Å². The molecule has 0 amide bonds. The average Bonchev–Trinajstić information content (AvgIpc) is 3.22. The number of nitrogen functional groups attached to an aromatic ring is 1. The molecule has 1 heterocycles. The lowest BCUT2D eigenvalue weighted by Gasteiger charge is -2.19. The molecule has 0 radical (unpaired) electrons. The second-order valence-corrected chi connectivity index (χ2v) is 10.9. The lowest BCUT2D eigenvalue weighted by Crippen LogP contribution is -2.15. The Balaban J connectivity index is 1.46. The van der Waals surface area contributed by atoms with Crippen molar-refractivity contribution in [1.29, 1.82) is 0 Å². The van der Waals surface area contributed by atoms with E-state index in [0.717, 1.165) is 33.5 Å². The zero-order chi connectivity index (χ0) is 28.4. The van der Waals surface area contributed by atoms with Crippen LogP contribution in [0.25, 0.3) is 5.69 Å². The minimum absolute atomic E-state index is 0.0184. The molecule has 1 aromatic heterocycles. The molecule has 0 aliphatic heterocycles. The minimum atomic E-state index is -4.50. The maximum atomic E-state index is 13.1. The van der Waals surface area contributed by atoms with Crippen LogP contribution in [0.5, 0.6) is 0 Å². The van der Waals surface area contributed by atoms with Crippen LogP contribution in [0.2, 0.25) is 5.02 Å². The fourth-order valence-electron chi connectivity index (χ4n) is 4.40. The van der Waals surface area contributed by atoms with Gasteiger partial charge in [-0.05, 0) is 66.1 Å². The molecule has 0 aliphatic carbocycles. The van der Waals surface area contributed by atoms with Gasteiger partial charge in [0.15, 0.2) is 5.69 Å². The van der Waals surface area contributed by atoms with Crippen molar-refractivity contribution in [2.24, 2.45) is 10.2 Å². The van der Waals surface area contributed by atoms with E-state index >= 15 is 0 Å². The minimum Gasteiger partial charge on any atom is -0.399 e. The maximum absolute atomic E-state index is 13.1. The van der Waals surface area contributed by atoms with Crippen molar-refractivity contribution in [2.45, 2.75) is 17.7 Å². The number of aryl methyl sites for hydroxylation is 1. The van der Waals surface area contributed by atoms with Gasteiger partial charge in [-0.3, -0.25) is 14.4 Å². The largest absolute Gasteiger partial charge is 0.399 e. The number of hydrogen-bond acceptors (Lipinski definition) is 6. The first kappa shape index (κ1) is 27.1.